The topological polar surface area (TPSA) is 27.7 Å². The first-order valence-corrected chi connectivity index (χ1v) is 9.70. The van der Waals surface area contributed by atoms with Crippen molar-refractivity contribution in [2.24, 2.45) is 0 Å². The molecule has 0 saturated heterocycles. The maximum Gasteiger partial charge on any atom is 0.529 e. The molecule has 118 valence electrons. The van der Waals surface area contributed by atoms with Crippen molar-refractivity contribution in [3.8, 4) is 0 Å². The van der Waals surface area contributed by atoms with Gasteiger partial charge < -0.3 is 13.3 Å². The van der Waals surface area contributed by atoms with E-state index in [1.165, 1.54) is 11.1 Å². The molecule has 0 spiro atoms. The van der Waals surface area contributed by atoms with Gasteiger partial charge in [-0.1, -0.05) is 38.8 Å². The second-order valence-corrected chi connectivity index (χ2v) is 7.04. The molecule has 0 aliphatic rings. The quantitative estimate of drug-likeness (QED) is 0.387. The Hall–Kier alpha value is -0.423. The van der Waals surface area contributed by atoms with Crippen LogP contribution in [0.4, 0.5) is 0 Å². The minimum atomic E-state index is -2.71. The molecule has 0 aliphatic heterocycles. The Morgan fingerprint density at radius 2 is 1.30 bits per heavy atom. The number of rotatable bonds is 12. The van der Waals surface area contributed by atoms with Crippen LogP contribution in [-0.4, -0.2) is 28.6 Å². The van der Waals surface area contributed by atoms with Crippen molar-refractivity contribution in [2.45, 2.75) is 60.3 Å². The van der Waals surface area contributed by atoms with E-state index in [-0.39, 0.29) is 0 Å². The summed E-state index contributed by atoms with van der Waals surface area (Å²) in [5.41, 5.74) is 4.55. The summed E-state index contributed by atoms with van der Waals surface area (Å²) in [6.45, 7) is 16.3. The van der Waals surface area contributed by atoms with Crippen LogP contribution in [0.5, 0.6) is 0 Å². The highest BCUT2D eigenvalue weighted by Gasteiger charge is 2.38. The van der Waals surface area contributed by atoms with Crippen LogP contribution in [0.2, 0.25) is 0 Å². The van der Waals surface area contributed by atoms with E-state index >= 15 is 0 Å². The Kier molecular flexibility index (Phi) is 11.0. The molecule has 0 rings (SSSR count). The summed E-state index contributed by atoms with van der Waals surface area (Å²) in [6, 6.07) is 0. The largest absolute Gasteiger partial charge is 0.529 e. The Morgan fingerprint density at radius 1 is 0.850 bits per heavy atom. The SMILES string of the molecule is C=C(CCC)/C(=C/[Si](OCC)(OCC)OCC)CCC. The highest BCUT2D eigenvalue weighted by molar-refractivity contribution is 6.66. The van der Waals surface area contributed by atoms with Crippen LogP contribution in [0.3, 0.4) is 0 Å². The summed E-state index contributed by atoms with van der Waals surface area (Å²) in [5.74, 6) is 0. The lowest BCUT2D eigenvalue weighted by molar-refractivity contribution is 0.0840. The summed E-state index contributed by atoms with van der Waals surface area (Å²) in [7, 11) is -2.71. The van der Waals surface area contributed by atoms with Gasteiger partial charge in [0, 0.05) is 19.8 Å². The van der Waals surface area contributed by atoms with Gasteiger partial charge >= 0.3 is 8.80 Å². The molecule has 0 aliphatic carbocycles. The summed E-state index contributed by atoms with van der Waals surface area (Å²) in [4.78, 5) is 0. The third-order valence-electron chi connectivity index (χ3n) is 2.91. The lowest BCUT2D eigenvalue weighted by atomic mass is 10.0. The maximum atomic E-state index is 5.89. The molecule has 0 atom stereocenters. The molecule has 0 aromatic carbocycles. The van der Waals surface area contributed by atoms with Crippen LogP contribution in [0, 0.1) is 0 Å². The van der Waals surface area contributed by atoms with Gasteiger partial charge in [0.25, 0.3) is 0 Å². The molecule has 0 aromatic heterocycles. The molecule has 0 amide bonds. The van der Waals surface area contributed by atoms with Gasteiger partial charge in [0.05, 0.1) is 0 Å². The van der Waals surface area contributed by atoms with Crippen LogP contribution >= 0.6 is 0 Å². The van der Waals surface area contributed by atoms with Crippen molar-refractivity contribution in [3.05, 3.63) is 23.4 Å². The van der Waals surface area contributed by atoms with Crippen LogP contribution in [0.25, 0.3) is 0 Å². The van der Waals surface area contributed by atoms with Crippen molar-refractivity contribution >= 4 is 8.80 Å². The molecule has 0 aromatic rings. The van der Waals surface area contributed by atoms with Crippen molar-refractivity contribution in [1.29, 1.82) is 0 Å². The molecule has 0 unspecified atom stereocenters. The van der Waals surface area contributed by atoms with Gasteiger partial charge in [0.15, 0.2) is 0 Å². The zero-order valence-electron chi connectivity index (χ0n) is 14.0. The summed E-state index contributed by atoms with van der Waals surface area (Å²) in [5, 5.41) is 0. The lowest BCUT2D eigenvalue weighted by Crippen LogP contribution is -2.45. The maximum absolute atomic E-state index is 5.89. The first-order chi connectivity index (χ1) is 9.59. The van der Waals surface area contributed by atoms with E-state index in [9.17, 15) is 0 Å². The molecular formula is C16H32O3Si. The summed E-state index contributed by atoms with van der Waals surface area (Å²) in [6.07, 6.45) is 4.21. The molecule has 20 heavy (non-hydrogen) atoms. The van der Waals surface area contributed by atoms with Crippen molar-refractivity contribution in [3.63, 3.8) is 0 Å². The minimum Gasteiger partial charge on any atom is -0.371 e. The third kappa shape index (κ3) is 6.84. The second kappa shape index (κ2) is 11.3. The van der Waals surface area contributed by atoms with Crippen molar-refractivity contribution in [2.75, 3.05) is 19.8 Å². The standard InChI is InChI=1S/C16H32O3Si/c1-7-12-15(6)16(13-8-2)14-20(17-9-3,18-10-4)19-11-5/h14H,6-13H2,1-5H3/b16-14+. The first-order valence-electron chi connectivity index (χ1n) is 7.90. The zero-order chi connectivity index (χ0) is 15.4. The van der Waals surface area contributed by atoms with Crippen LogP contribution in [0.1, 0.15) is 60.3 Å². The molecule has 0 N–H and O–H groups in total. The van der Waals surface area contributed by atoms with Gasteiger partial charge in [-0.3, -0.25) is 0 Å². The van der Waals surface area contributed by atoms with Gasteiger partial charge in [-0.25, -0.2) is 0 Å². The fourth-order valence-corrected chi connectivity index (χ4v) is 4.63. The van der Waals surface area contributed by atoms with E-state index in [1.807, 2.05) is 20.8 Å². The average molecular weight is 301 g/mol. The van der Waals surface area contributed by atoms with Gasteiger partial charge in [-0.2, -0.15) is 0 Å². The number of hydrogen-bond acceptors (Lipinski definition) is 3. The molecular weight excluding hydrogens is 268 g/mol. The predicted octanol–water partition coefficient (Wildman–Crippen LogP) is 4.66. The van der Waals surface area contributed by atoms with E-state index in [2.05, 4.69) is 26.1 Å². The van der Waals surface area contributed by atoms with E-state index in [0.717, 1.165) is 25.7 Å². The fraction of sp³-hybridized carbons (Fsp3) is 0.750. The van der Waals surface area contributed by atoms with Crippen LogP contribution in [-0.2, 0) is 13.3 Å². The Bertz CT molecular complexity index is 283. The van der Waals surface area contributed by atoms with Gasteiger partial charge in [0.1, 0.15) is 0 Å². The lowest BCUT2D eigenvalue weighted by Gasteiger charge is -2.27. The molecule has 0 fully saturated rings. The highest BCUT2D eigenvalue weighted by atomic mass is 28.4. The molecule has 4 heteroatoms. The smallest absolute Gasteiger partial charge is 0.371 e. The van der Waals surface area contributed by atoms with Gasteiger partial charge in [-0.15, -0.1) is 0 Å². The fourth-order valence-electron chi connectivity index (χ4n) is 2.15. The number of allylic oxidation sites excluding steroid dienone is 2. The number of hydrogen-bond donors (Lipinski definition) is 0. The molecule has 3 nitrogen and oxygen atoms in total. The molecule has 0 bridgehead atoms. The molecule has 0 radical (unpaired) electrons. The highest BCUT2D eigenvalue weighted by Crippen LogP contribution is 2.24. The monoisotopic (exact) mass is 300 g/mol. The van der Waals surface area contributed by atoms with E-state index in [0.29, 0.717) is 19.8 Å². The summed E-state index contributed by atoms with van der Waals surface area (Å²) >= 11 is 0. The van der Waals surface area contributed by atoms with E-state index in [4.69, 9.17) is 13.3 Å². The first kappa shape index (κ1) is 19.6. The van der Waals surface area contributed by atoms with Crippen molar-refractivity contribution in [1.82, 2.24) is 0 Å². The second-order valence-electron chi connectivity index (χ2n) is 4.68. The minimum absolute atomic E-state index is 0.600. The Morgan fingerprint density at radius 3 is 1.65 bits per heavy atom. The van der Waals surface area contributed by atoms with E-state index in [1.54, 1.807) is 0 Å². The van der Waals surface area contributed by atoms with Crippen LogP contribution < -0.4 is 0 Å². The Labute approximate surface area is 126 Å². The zero-order valence-corrected chi connectivity index (χ0v) is 15.0. The predicted molar refractivity (Wildman–Crippen MR) is 87.7 cm³/mol. The van der Waals surface area contributed by atoms with Gasteiger partial charge in [0.2, 0.25) is 0 Å². The van der Waals surface area contributed by atoms with Crippen LogP contribution in [0.15, 0.2) is 23.4 Å². The average Bonchev–Trinajstić information content (AvgIpc) is 2.39. The third-order valence-corrected chi connectivity index (χ3v) is 5.69. The molecule has 0 heterocycles. The van der Waals surface area contributed by atoms with Gasteiger partial charge in [-0.05, 0) is 44.9 Å². The molecule has 0 saturated carbocycles. The summed E-state index contributed by atoms with van der Waals surface area (Å²) < 4.78 is 17.7. The van der Waals surface area contributed by atoms with E-state index < -0.39 is 8.80 Å². The Balaban J connectivity index is 5.34. The van der Waals surface area contributed by atoms with Crippen molar-refractivity contribution < 1.29 is 13.3 Å². The normalized spacial score (nSPS) is 12.8.